The number of carboxylic acid groups (broad SMARTS) is 1. The molecule has 0 amide bonds. The summed E-state index contributed by atoms with van der Waals surface area (Å²) in [5.41, 5.74) is 1.70. The van der Waals surface area contributed by atoms with Gasteiger partial charge in [0.25, 0.3) is 0 Å². The Labute approximate surface area is 126 Å². The topological polar surface area (TPSA) is 67.2 Å². The number of aromatic carboxylic acids is 1. The summed E-state index contributed by atoms with van der Waals surface area (Å²) in [5.74, 6) is -0.976. The third-order valence-electron chi connectivity index (χ3n) is 2.69. The van der Waals surface area contributed by atoms with Gasteiger partial charge in [-0.05, 0) is 44.0 Å². The van der Waals surface area contributed by atoms with E-state index in [0.29, 0.717) is 12.2 Å². The molecule has 0 aliphatic carbocycles. The molecule has 0 atom stereocenters. The fraction of sp³-hybridized carbons (Fsp3) is 0.167. The number of aryl methyl sites for hydroxylation is 1. The zero-order valence-electron chi connectivity index (χ0n) is 10.0. The van der Waals surface area contributed by atoms with E-state index >= 15 is 0 Å². The molecular formula is C12H11Br2N3O2. The molecule has 2 aromatic rings. The minimum absolute atomic E-state index is 0.207. The number of benzene rings is 1. The lowest BCUT2D eigenvalue weighted by Gasteiger charge is -2.11. The molecule has 2 rings (SSSR count). The molecule has 2 N–H and O–H groups in total. The number of nitrogens with zero attached hydrogens (tertiary/aromatic N) is 2. The van der Waals surface area contributed by atoms with E-state index in [9.17, 15) is 4.79 Å². The molecule has 5 nitrogen and oxygen atoms in total. The summed E-state index contributed by atoms with van der Waals surface area (Å²) in [4.78, 5) is 11.1. The molecule has 19 heavy (non-hydrogen) atoms. The standard InChI is InChI=1S/C12H11Br2N3O2/c1-17-10(7(5-16-17)12(18)19)6-15-11-8(13)3-2-4-9(11)14/h2-5,15H,6H2,1H3,(H,18,19). The van der Waals surface area contributed by atoms with E-state index < -0.39 is 5.97 Å². The van der Waals surface area contributed by atoms with Crippen LogP contribution in [0.3, 0.4) is 0 Å². The number of carboxylic acids is 1. The van der Waals surface area contributed by atoms with Crippen molar-refractivity contribution in [1.82, 2.24) is 9.78 Å². The highest BCUT2D eigenvalue weighted by Gasteiger charge is 2.15. The molecule has 0 aliphatic rings. The van der Waals surface area contributed by atoms with Crippen molar-refractivity contribution in [2.24, 2.45) is 7.05 Å². The normalized spacial score (nSPS) is 10.5. The lowest BCUT2D eigenvalue weighted by Crippen LogP contribution is -2.10. The molecule has 0 radical (unpaired) electrons. The maximum atomic E-state index is 11.1. The first-order valence-corrected chi connectivity index (χ1v) is 7.01. The molecule has 0 fully saturated rings. The number of nitrogens with one attached hydrogen (secondary N) is 1. The maximum absolute atomic E-state index is 11.1. The Balaban J connectivity index is 2.24. The first-order chi connectivity index (χ1) is 9.00. The number of hydrogen-bond donors (Lipinski definition) is 2. The Morgan fingerprint density at radius 1 is 1.42 bits per heavy atom. The third-order valence-corrected chi connectivity index (χ3v) is 4.01. The van der Waals surface area contributed by atoms with E-state index in [1.54, 1.807) is 11.7 Å². The summed E-state index contributed by atoms with van der Waals surface area (Å²) >= 11 is 6.89. The molecule has 0 aliphatic heterocycles. The maximum Gasteiger partial charge on any atom is 0.339 e. The Morgan fingerprint density at radius 2 is 2.05 bits per heavy atom. The quantitative estimate of drug-likeness (QED) is 0.843. The molecule has 1 aromatic carbocycles. The summed E-state index contributed by atoms with van der Waals surface area (Å²) in [5, 5.41) is 16.3. The lowest BCUT2D eigenvalue weighted by atomic mass is 10.2. The van der Waals surface area contributed by atoms with E-state index in [0.717, 1.165) is 14.6 Å². The highest BCUT2D eigenvalue weighted by Crippen LogP contribution is 2.31. The highest BCUT2D eigenvalue weighted by molar-refractivity contribution is 9.11. The van der Waals surface area contributed by atoms with E-state index in [-0.39, 0.29) is 5.56 Å². The van der Waals surface area contributed by atoms with Crippen LogP contribution in [0.2, 0.25) is 0 Å². The molecule has 0 saturated carbocycles. The van der Waals surface area contributed by atoms with Crippen molar-refractivity contribution in [3.63, 3.8) is 0 Å². The second-order valence-corrected chi connectivity index (χ2v) is 5.59. The number of anilines is 1. The van der Waals surface area contributed by atoms with Crippen molar-refractivity contribution in [3.8, 4) is 0 Å². The highest BCUT2D eigenvalue weighted by atomic mass is 79.9. The van der Waals surface area contributed by atoms with Crippen molar-refractivity contribution in [2.45, 2.75) is 6.54 Å². The molecule has 0 unspecified atom stereocenters. The fourth-order valence-electron chi connectivity index (χ4n) is 1.69. The molecule has 7 heteroatoms. The summed E-state index contributed by atoms with van der Waals surface area (Å²) < 4.78 is 3.36. The molecule has 0 bridgehead atoms. The second kappa shape index (κ2) is 5.75. The van der Waals surface area contributed by atoms with E-state index in [1.165, 1.54) is 6.20 Å². The molecule has 1 aromatic heterocycles. The van der Waals surface area contributed by atoms with Gasteiger partial charge in [-0.15, -0.1) is 0 Å². The van der Waals surface area contributed by atoms with Gasteiger partial charge >= 0.3 is 5.97 Å². The van der Waals surface area contributed by atoms with Gasteiger partial charge < -0.3 is 10.4 Å². The van der Waals surface area contributed by atoms with Gasteiger partial charge in [-0.2, -0.15) is 5.10 Å². The van der Waals surface area contributed by atoms with E-state index in [4.69, 9.17) is 5.11 Å². The molecule has 1 heterocycles. The van der Waals surface area contributed by atoms with E-state index in [1.807, 2.05) is 18.2 Å². The SMILES string of the molecule is Cn1ncc(C(=O)O)c1CNc1c(Br)cccc1Br. The minimum atomic E-state index is -0.976. The van der Waals surface area contributed by atoms with Gasteiger partial charge in [0.2, 0.25) is 0 Å². The number of para-hydroxylation sites is 1. The predicted molar refractivity (Wildman–Crippen MR) is 79.3 cm³/mol. The largest absolute Gasteiger partial charge is 0.478 e. The number of hydrogen-bond acceptors (Lipinski definition) is 3. The molecule has 0 spiro atoms. The van der Waals surface area contributed by atoms with Crippen molar-refractivity contribution >= 4 is 43.5 Å². The summed E-state index contributed by atoms with van der Waals surface area (Å²) in [6, 6.07) is 5.73. The van der Waals surface area contributed by atoms with Crippen LogP contribution in [0.15, 0.2) is 33.3 Å². The van der Waals surface area contributed by atoms with Crippen molar-refractivity contribution in [1.29, 1.82) is 0 Å². The van der Waals surface area contributed by atoms with Gasteiger partial charge in [-0.25, -0.2) is 4.79 Å². The van der Waals surface area contributed by atoms with Crippen LogP contribution in [0.25, 0.3) is 0 Å². The fourth-order valence-corrected chi connectivity index (χ4v) is 2.97. The van der Waals surface area contributed by atoms with Crippen molar-refractivity contribution in [2.75, 3.05) is 5.32 Å². The third kappa shape index (κ3) is 2.98. The van der Waals surface area contributed by atoms with Crippen LogP contribution in [-0.2, 0) is 13.6 Å². The Bertz CT molecular complexity index is 605. The summed E-state index contributed by atoms with van der Waals surface area (Å²) in [7, 11) is 1.72. The summed E-state index contributed by atoms with van der Waals surface area (Å²) in [6.45, 7) is 0.374. The van der Waals surface area contributed by atoms with Gasteiger partial charge in [0.05, 0.1) is 24.1 Å². The van der Waals surface area contributed by atoms with Crippen LogP contribution in [0.1, 0.15) is 16.1 Å². The Hall–Kier alpha value is -1.34. The van der Waals surface area contributed by atoms with E-state index in [2.05, 4.69) is 42.3 Å². The lowest BCUT2D eigenvalue weighted by molar-refractivity contribution is 0.0695. The van der Waals surface area contributed by atoms with Crippen LogP contribution >= 0.6 is 31.9 Å². The van der Waals surface area contributed by atoms with Crippen LogP contribution in [0.4, 0.5) is 5.69 Å². The number of rotatable bonds is 4. The second-order valence-electron chi connectivity index (χ2n) is 3.88. The van der Waals surface area contributed by atoms with Crippen LogP contribution in [0.5, 0.6) is 0 Å². The van der Waals surface area contributed by atoms with Gasteiger partial charge in [0.15, 0.2) is 0 Å². The summed E-state index contributed by atoms with van der Waals surface area (Å²) in [6.07, 6.45) is 1.36. The van der Waals surface area contributed by atoms with Crippen LogP contribution in [0, 0.1) is 0 Å². The zero-order chi connectivity index (χ0) is 14.0. The van der Waals surface area contributed by atoms with Crippen LogP contribution < -0.4 is 5.32 Å². The van der Waals surface area contributed by atoms with Gasteiger partial charge in [-0.3, -0.25) is 4.68 Å². The van der Waals surface area contributed by atoms with Gasteiger partial charge in [0, 0.05) is 16.0 Å². The number of halogens is 2. The monoisotopic (exact) mass is 387 g/mol. The van der Waals surface area contributed by atoms with Gasteiger partial charge in [-0.1, -0.05) is 6.07 Å². The average molecular weight is 389 g/mol. The first-order valence-electron chi connectivity index (χ1n) is 5.42. The van der Waals surface area contributed by atoms with Gasteiger partial charge in [0.1, 0.15) is 5.56 Å². The Morgan fingerprint density at radius 3 is 2.63 bits per heavy atom. The smallest absolute Gasteiger partial charge is 0.339 e. The minimum Gasteiger partial charge on any atom is -0.478 e. The molecule has 0 saturated heterocycles. The number of aromatic nitrogens is 2. The van der Waals surface area contributed by atoms with Crippen molar-refractivity contribution in [3.05, 3.63) is 44.6 Å². The van der Waals surface area contributed by atoms with Crippen molar-refractivity contribution < 1.29 is 9.90 Å². The first kappa shape index (κ1) is 14.1. The average Bonchev–Trinajstić information content (AvgIpc) is 2.70. The zero-order valence-corrected chi connectivity index (χ0v) is 13.2. The molecule has 100 valence electrons. The van der Waals surface area contributed by atoms with Crippen LogP contribution in [-0.4, -0.2) is 20.9 Å². The predicted octanol–water partition coefficient (Wildman–Crippen LogP) is 3.26. The Kier molecular flexibility index (Phi) is 4.26. The number of carbonyl (C=O) groups is 1. The molecular weight excluding hydrogens is 378 g/mol.